The van der Waals surface area contributed by atoms with Crippen molar-refractivity contribution in [3.05, 3.63) is 51.4 Å². The van der Waals surface area contributed by atoms with Crippen molar-refractivity contribution in [3.63, 3.8) is 0 Å². The molecule has 0 bridgehead atoms. The molecule has 1 N–H and O–H groups in total. The number of hydrogen-bond acceptors (Lipinski definition) is 4. The Bertz CT molecular complexity index is 766. The Morgan fingerprint density at radius 2 is 2.14 bits per heavy atom. The van der Waals surface area contributed by atoms with Crippen LogP contribution in [0.1, 0.15) is 25.5 Å². The van der Waals surface area contributed by atoms with Crippen molar-refractivity contribution >= 4 is 34.9 Å². The van der Waals surface area contributed by atoms with E-state index in [1.165, 1.54) is 13.3 Å². The number of allylic oxidation sites excluding steroid dienone is 2. The first-order chi connectivity index (χ1) is 9.99. The first kappa shape index (κ1) is 14.1. The van der Waals surface area contributed by atoms with Gasteiger partial charge >= 0.3 is 0 Å². The summed E-state index contributed by atoms with van der Waals surface area (Å²) in [4.78, 5) is 16.2. The summed E-state index contributed by atoms with van der Waals surface area (Å²) in [6, 6.07) is 4.80. The SMILES string of the molecule is CC(=O)C1=C(C)Nc2ncnn2[C@@H]1c1ccc(Cl)cc1Cl. The number of nitrogens with one attached hydrogen (secondary N) is 1. The van der Waals surface area contributed by atoms with Crippen LogP contribution in [0.5, 0.6) is 0 Å². The number of Topliss-reactive ketones (excluding diaryl/α,β-unsaturated/α-hetero) is 1. The van der Waals surface area contributed by atoms with Crippen molar-refractivity contribution < 1.29 is 4.79 Å². The smallest absolute Gasteiger partial charge is 0.226 e. The lowest BCUT2D eigenvalue weighted by Gasteiger charge is -2.28. The molecule has 1 aliphatic heterocycles. The molecule has 1 aliphatic rings. The van der Waals surface area contributed by atoms with Crippen LogP contribution < -0.4 is 5.32 Å². The first-order valence-electron chi connectivity index (χ1n) is 6.32. The Kier molecular flexibility index (Phi) is 3.47. The number of carbonyl (C=O) groups is 1. The molecule has 0 amide bonds. The van der Waals surface area contributed by atoms with Crippen LogP contribution >= 0.6 is 23.2 Å². The predicted octanol–water partition coefficient (Wildman–Crippen LogP) is 3.46. The summed E-state index contributed by atoms with van der Waals surface area (Å²) in [5.74, 6) is 0.533. The van der Waals surface area contributed by atoms with E-state index in [0.717, 1.165) is 11.3 Å². The molecule has 1 aromatic heterocycles. The van der Waals surface area contributed by atoms with Crippen LogP contribution in [0.15, 0.2) is 35.8 Å². The van der Waals surface area contributed by atoms with Crippen LogP contribution in [0.2, 0.25) is 10.0 Å². The van der Waals surface area contributed by atoms with Gasteiger partial charge in [-0.2, -0.15) is 10.1 Å². The van der Waals surface area contributed by atoms with Crippen molar-refractivity contribution in [3.8, 4) is 0 Å². The highest BCUT2D eigenvalue weighted by Crippen LogP contribution is 2.38. The number of aromatic nitrogens is 3. The second-order valence-electron chi connectivity index (χ2n) is 4.82. The molecule has 0 unspecified atom stereocenters. The van der Waals surface area contributed by atoms with Crippen LogP contribution in [-0.4, -0.2) is 20.5 Å². The maximum absolute atomic E-state index is 12.1. The van der Waals surface area contributed by atoms with Crippen LogP contribution in [0, 0.1) is 0 Å². The van der Waals surface area contributed by atoms with E-state index in [1.54, 1.807) is 16.8 Å². The van der Waals surface area contributed by atoms with Gasteiger partial charge in [0.25, 0.3) is 0 Å². The molecule has 2 heterocycles. The second kappa shape index (κ2) is 5.16. The number of anilines is 1. The van der Waals surface area contributed by atoms with E-state index in [4.69, 9.17) is 23.2 Å². The topological polar surface area (TPSA) is 59.8 Å². The van der Waals surface area contributed by atoms with Crippen LogP contribution in [0.25, 0.3) is 0 Å². The summed E-state index contributed by atoms with van der Waals surface area (Å²) < 4.78 is 1.65. The Morgan fingerprint density at radius 3 is 2.81 bits per heavy atom. The van der Waals surface area contributed by atoms with Crippen molar-refractivity contribution in [1.29, 1.82) is 0 Å². The summed E-state index contributed by atoms with van der Waals surface area (Å²) in [5.41, 5.74) is 2.12. The number of hydrogen-bond donors (Lipinski definition) is 1. The average molecular weight is 323 g/mol. The van der Waals surface area contributed by atoms with E-state index >= 15 is 0 Å². The standard InChI is InChI=1S/C14H12Cl2N4O/c1-7-12(8(2)21)13(20-14(19-7)17-6-18-20)10-4-3-9(15)5-11(10)16/h3-6,13H,1-2H3,(H,17,18,19)/t13-/m1/s1. The highest BCUT2D eigenvalue weighted by molar-refractivity contribution is 6.35. The molecule has 5 nitrogen and oxygen atoms in total. The minimum absolute atomic E-state index is 0.0443. The minimum atomic E-state index is -0.411. The van der Waals surface area contributed by atoms with Gasteiger partial charge < -0.3 is 5.32 Å². The van der Waals surface area contributed by atoms with Gasteiger partial charge in [-0.3, -0.25) is 4.79 Å². The van der Waals surface area contributed by atoms with Gasteiger partial charge in [0.05, 0.1) is 0 Å². The van der Waals surface area contributed by atoms with E-state index in [9.17, 15) is 4.79 Å². The van der Waals surface area contributed by atoms with E-state index in [-0.39, 0.29) is 5.78 Å². The minimum Gasteiger partial charge on any atom is -0.328 e. The van der Waals surface area contributed by atoms with Crippen LogP contribution in [-0.2, 0) is 4.79 Å². The fourth-order valence-corrected chi connectivity index (χ4v) is 3.07. The van der Waals surface area contributed by atoms with Gasteiger partial charge in [0, 0.05) is 26.9 Å². The zero-order valence-corrected chi connectivity index (χ0v) is 12.9. The number of halogens is 2. The summed E-state index contributed by atoms with van der Waals surface area (Å²) in [5, 5.41) is 8.32. The van der Waals surface area contributed by atoms with Crippen molar-refractivity contribution in [1.82, 2.24) is 14.8 Å². The molecule has 0 fully saturated rings. The first-order valence-corrected chi connectivity index (χ1v) is 7.08. The Labute approximate surface area is 131 Å². The van der Waals surface area contributed by atoms with Crippen molar-refractivity contribution in [2.45, 2.75) is 19.9 Å². The fraction of sp³-hybridized carbons (Fsp3) is 0.214. The number of fused-ring (bicyclic) bond motifs is 1. The Hall–Kier alpha value is -1.85. The molecule has 7 heteroatoms. The maximum atomic E-state index is 12.1. The number of rotatable bonds is 2. The molecular formula is C14H12Cl2N4O. The fourth-order valence-electron chi connectivity index (χ4n) is 2.56. The molecule has 0 radical (unpaired) electrons. The molecule has 21 heavy (non-hydrogen) atoms. The highest BCUT2D eigenvalue weighted by atomic mass is 35.5. The zero-order valence-electron chi connectivity index (χ0n) is 11.4. The summed E-state index contributed by atoms with van der Waals surface area (Å²) >= 11 is 12.3. The molecular weight excluding hydrogens is 311 g/mol. The molecule has 0 aliphatic carbocycles. The monoisotopic (exact) mass is 322 g/mol. The third kappa shape index (κ3) is 2.32. The third-order valence-electron chi connectivity index (χ3n) is 3.43. The number of ketones is 1. The van der Waals surface area contributed by atoms with E-state index in [1.807, 2.05) is 13.0 Å². The van der Waals surface area contributed by atoms with E-state index < -0.39 is 6.04 Å². The van der Waals surface area contributed by atoms with Gasteiger partial charge in [-0.05, 0) is 26.0 Å². The van der Waals surface area contributed by atoms with Gasteiger partial charge in [-0.15, -0.1) is 0 Å². The van der Waals surface area contributed by atoms with Gasteiger partial charge in [-0.1, -0.05) is 29.3 Å². The molecule has 1 aromatic carbocycles. The van der Waals surface area contributed by atoms with Crippen molar-refractivity contribution in [2.75, 3.05) is 5.32 Å². The summed E-state index contributed by atoms with van der Waals surface area (Å²) in [7, 11) is 0. The number of benzene rings is 1. The third-order valence-corrected chi connectivity index (χ3v) is 3.99. The van der Waals surface area contributed by atoms with Gasteiger partial charge in [0.1, 0.15) is 12.4 Å². The quantitative estimate of drug-likeness (QED) is 0.919. The zero-order chi connectivity index (χ0) is 15.1. The maximum Gasteiger partial charge on any atom is 0.226 e. The van der Waals surface area contributed by atoms with Gasteiger partial charge in [-0.25, -0.2) is 4.68 Å². The van der Waals surface area contributed by atoms with Gasteiger partial charge in [0.2, 0.25) is 5.95 Å². The number of carbonyl (C=O) groups excluding carboxylic acids is 1. The Balaban J connectivity index is 2.24. The average Bonchev–Trinajstić information content (AvgIpc) is 2.84. The van der Waals surface area contributed by atoms with E-state index in [0.29, 0.717) is 21.6 Å². The summed E-state index contributed by atoms with van der Waals surface area (Å²) in [6.07, 6.45) is 1.44. The lowest BCUT2D eigenvalue weighted by Crippen LogP contribution is -2.28. The molecule has 2 aromatic rings. The number of nitrogens with zero attached hydrogens (tertiary/aromatic N) is 3. The largest absolute Gasteiger partial charge is 0.328 e. The molecule has 0 saturated carbocycles. The summed E-state index contributed by atoms with van der Waals surface area (Å²) in [6.45, 7) is 3.37. The molecule has 0 saturated heterocycles. The molecule has 1 atom stereocenters. The van der Waals surface area contributed by atoms with Crippen molar-refractivity contribution in [2.24, 2.45) is 0 Å². The molecule has 0 spiro atoms. The molecule has 108 valence electrons. The van der Waals surface area contributed by atoms with Crippen LogP contribution in [0.4, 0.5) is 5.95 Å². The predicted molar refractivity (Wildman–Crippen MR) is 81.6 cm³/mol. The van der Waals surface area contributed by atoms with Gasteiger partial charge in [0.15, 0.2) is 5.78 Å². The van der Waals surface area contributed by atoms with Crippen LogP contribution in [0.3, 0.4) is 0 Å². The lowest BCUT2D eigenvalue weighted by atomic mass is 9.93. The lowest BCUT2D eigenvalue weighted by molar-refractivity contribution is -0.114. The second-order valence-corrected chi connectivity index (χ2v) is 5.66. The normalized spacial score (nSPS) is 17.4. The van der Waals surface area contributed by atoms with E-state index in [2.05, 4.69) is 15.4 Å². The molecule has 3 rings (SSSR count). The Morgan fingerprint density at radius 1 is 1.38 bits per heavy atom. The highest BCUT2D eigenvalue weighted by Gasteiger charge is 2.32.